The number of carbonyl (C=O) groups excluding carboxylic acids is 1. The molecular weight excluding hydrogens is 214 g/mol. The Morgan fingerprint density at radius 1 is 1.41 bits per heavy atom. The average Bonchev–Trinajstić information content (AvgIpc) is 2.22. The lowest BCUT2D eigenvalue weighted by atomic mass is 10.1. The minimum Gasteiger partial charge on any atom is -0.341 e. The summed E-state index contributed by atoms with van der Waals surface area (Å²) >= 11 is 0. The zero-order chi connectivity index (χ0) is 13.3. The SMILES string of the molecule is CC(C)CN(CCC#N)C(=O)CCCC(C)N. The van der Waals surface area contributed by atoms with Crippen molar-refractivity contribution in [1.29, 1.82) is 5.26 Å². The molecule has 0 fully saturated rings. The molecule has 0 rings (SSSR count). The van der Waals surface area contributed by atoms with E-state index in [2.05, 4.69) is 19.9 Å². The lowest BCUT2D eigenvalue weighted by Crippen LogP contribution is -2.35. The highest BCUT2D eigenvalue weighted by Gasteiger charge is 2.14. The third kappa shape index (κ3) is 8.70. The molecule has 2 N–H and O–H groups in total. The van der Waals surface area contributed by atoms with Crippen molar-refractivity contribution in [3.8, 4) is 6.07 Å². The maximum absolute atomic E-state index is 11.9. The Hall–Kier alpha value is -1.08. The molecular formula is C13H25N3O. The van der Waals surface area contributed by atoms with Gasteiger partial charge in [-0.25, -0.2) is 0 Å². The highest BCUT2D eigenvalue weighted by atomic mass is 16.2. The van der Waals surface area contributed by atoms with Crippen molar-refractivity contribution in [3.05, 3.63) is 0 Å². The normalized spacial score (nSPS) is 12.2. The van der Waals surface area contributed by atoms with Gasteiger partial charge in [0.05, 0.1) is 12.5 Å². The molecule has 1 unspecified atom stereocenters. The van der Waals surface area contributed by atoms with E-state index in [9.17, 15) is 4.79 Å². The van der Waals surface area contributed by atoms with Crippen LogP contribution in [0.5, 0.6) is 0 Å². The van der Waals surface area contributed by atoms with E-state index in [1.54, 1.807) is 4.90 Å². The standard InChI is InChI=1S/C13H25N3O/c1-11(2)10-16(9-5-8-14)13(17)7-4-6-12(3)15/h11-12H,4-7,9-10,15H2,1-3H3. The molecule has 1 amide bonds. The smallest absolute Gasteiger partial charge is 0.222 e. The number of rotatable bonds is 8. The van der Waals surface area contributed by atoms with E-state index in [0.717, 1.165) is 19.4 Å². The lowest BCUT2D eigenvalue weighted by Gasteiger charge is -2.23. The second-order valence-corrected chi connectivity index (χ2v) is 5.01. The average molecular weight is 239 g/mol. The molecule has 1 atom stereocenters. The van der Waals surface area contributed by atoms with Crippen molar-refractivity contribution in [1.82, 2.24) is 4.90 Å². The summed E-state index contributed by atoms with van der Waals surface area (Å²) in [5.74, 6) is 0.584. The van der Waals surface area contributed by atoms with Crippen LogP contribution in [0.2, 0.25) is 0 Å². The van der Waals surface area contributed by atoms with Crippen LogP contribution in [0.4, 0.5) is 0 Å². The first-order valence-corrected chi connectivity index (χ1v) is 6.37. The quantitative estimate of drug-likeness (QED) is 0.703. The molecule has 98 valence electrons. The number of amides is 1. The van der Waals surface area contributed by atoms with Crippen molar-refractivity contribution in [2.24, 2.45) is 11.7 Å². The molecule has 0 heterocycles. The largest absolute Gasteiger partial charge is 0.341 e. The van der Waals surface area contributed by atoms with Gasteiger partial charge in [0.2, 0.25) is 5.91 Å². The molecule has 17 heavy (non-hydrogen) atoms. The fourth-order valence-electron chi connectivity index (χ4n) is 1.68. The molecule has 0 spiro atoms. The molecule has 0 aliphatic heterocycles. The van der Waals surface area contributed by atoms with E-state index in [1.807, 2.05) is 6.92 Å². The summed E-state index contributed by atoms with van der Waals surface area (Å²) in [7, 11) is 0. The van der Waals surface area contributed by atoms with Gasteiger partial charge < -0.3 is 10.6 Å². The molecule has 0 aliphatic carbocycles. The second-order valence-electron chi connectivity index (χ2n) is 5.01. The Labute approximate surface area is 105 Å². The first kappa shape index (κ1) is 15.9. The van der Waals surface area contributed by atoms with Gasteiger partial charge in [-0.1, -0.05) is 13.8 Å². The van der Waals surface area contributed by atoms with Crippen LogP contribution < -0.4 is 5.73 Å². The summed E-state index contributed by atoms with van der Waals surface area (Å²) in [5.41, 5.74) is 5.65. The van der Waals surface area contributed by atoms with Gasteiger partial charge >= 0.3 is 0 Å². The van der Waals surface area contributed by atoms with Crippen LogP contribution in [0.25, 0.3) is 0 Å². The van der Waals surface area contributed by atoms with Crippen LogP contribution in [-0.4, -0.2) is 29.9 Å². The first-order chi connectivity index (χ1) is 7.97. The molecule has 4 heteroatoms. The summed E-state index contributed by atoms with van der Waals surface area (Å²) in [4.78, 5) is 13.7. The Kier molecular flexibility index (Phi) is 8.43. The zero-order valence-electron chi connectivity index (χ0n) is 11.3. The number of hydrogen-bond donors (Lipinski definition) is 1. The monoisotopic (exact) mass is 239 g/mol. The highest BCUT2D eigenvalue weighted by Crippen LogP contribution is 2.06. The number of nitrogens with zero attached hydrogens (tertiary/aromatic N) is 2. The van der Waals surface area contributed by atoms with Gasteiger partial charge in [0.25, 0.3) is 0 Å². The van der Waals surface area contributed by atoms with Gasteiger partial charge in [0.1, 0.15) is 0 Å². The van der Waals surface area contributed by atoms with Gasteiger partial charge in [-0.2, -0.15) is 5.26 Å². The van der Waals surface area contributed by atoms with Gasteiger partial charge in [-0.15, -0.1) is 0 Å². The van der Waals surface area contributed by atoms with Crippen molar-refractivity contribution in [2.75, 3.05) is 13.1 Å². The molecule has 0 aromatic carbocycles. The fraction of sp³-hybridized carbons (Fsp3) is 0.846. The van der Waals surface area contributed by atoms with Crippen LogP contribution in [-0.2, 0) is 4.79 Å². The summed E-state index contributed by atoms with van der Waals surface area (Å²) < 4.78 is 0. The summed E-state index contributed by atoms with van der Waals surface area (Å²) in [5, 5.41) is 8.58. The molecule has 0 bridgehead atoms. The number of nitriles is 1. The van der Waals surface area contributed by atoms with Gasteiger partial charge in [0, 0.05) is 25.6 Å². The predicted molar refractivity (Wildman–Crippen MR) is 69.1 cm³/mol. The molecule has 0 aromatic heterocycles. The van der Waals surface area contributed by atoms with Crippen molar-refractivity contribution >= 4 is 5.91 Å². The number of nitrogens with two attached hydrogens (primary N) is 1. The van der Waals surface area contributed by atoms with E-state index in [0.29, 0.717) is 25.3 Å². The zero-order valence-corrected chi connectivity index (χ0v) is 11.3. The summed E-state index contributed by atoms with van der Waals surface area (Å²) in [6.07, 6.45) is 2.66. The maximum Gasteiger partial charge on any atom is 0.222 e. The number of carbonyl (C=O) groups is 1. The Morgan fingerprint density at radius 2 is 2.06 bits per heavy atom. The van der Waals surface area contributed by atoms with Crippen LogP contribution in [0.3, 0.4) is 0 Å². The summed E-state index contributed by atoms with van der Waals surface area (Å²) in [6, 6.07) is 2.24. The lowest BCUT2D eigenvalue weighted by molar-refractivity contribution is -0.131. The highest BCUT2D eigenvalue weighted by molar-refractivity contribution is 5.76. The topological polar surface area (TPSA) is 70.1 Å². The molecule has 0 saturated carbocycles. The van der Waals surface area contributed by atoms with Crippen LogP contribution in [0.1, 0.15) is 46.5 Å². The van der Waals surface area contributed by atoms with Crippen molar-refractivity contribution < 1.29 is 4.79 Å². The maximum atomic E-state index is 11.9. The van der Waals surface area contributed by atoms with Gasteiger partial charge in [-0.3, -0.25) is 4.79 Å². The molecule has 0 aliphatic rings. The fourth-order valence-corrected chi connectivity index (χ4v) is 1.68. The first-order valence-electron chi connectivity index (χ1n) is 6.37. The van der Waals surface area contributed by atoms with Crippen LogP contribution in [0, 0.1) is 17.2 Å². The van der Waals surface area contributed by atoms with E-state index in [1.165, 1.54) is 0 Å². The van der Waals surface area contributed by atoms with E-state index in [-0.39, 0.29) is 11.9 Å². The Morgan fingerprint density at radius 3 is 2.53 bits per heavy atom. The summed E-state index contributed by atoms with van der Waals surface area (Å²) in [6.45, 7) is 7.39. The minimum atomic E-state index is 0.148. The molecule has 0 radical (unpaired) electrons. The van der Waals surface area contributed by atoms with Crippen molar-refractivity contribution in [3.63, 3.8) is 0 Å². The molecule has 0 saturated heterocycles. The Bertz CT molecular complexity index is 256. The third-order valence-corrected chi connectivity index (χ3v) is 2.48. The Balaban J connectivity index is 4.08. The van der Waals surface area contributed by atoms with Gasteiger partial charge in [0.15, 0.2) is 0 Å². The minimum absolute atomic E-state index is 0.148. The second kappa shape index (κ2) is 9.00. The van der Waals surface area contributed by atoms with E-state index < -0.39 is 0 Å². The van der Waals surface area contributed by atoms with E-state index in [4.69, 9.17) is 11.0 Å². The van der Waals surface area contributed by atoms with Gasteiger partial charge in [-0.05, 0) is 25.7 Å². The van der Waals surface area contributed by atoms with Crippen LogP contribution >= 0.6 is 0 Å². The predicted octanol–water partition coefficient (Wildman–Crippen LogP) is 1.90. The molecule has 4 nitrogen and oxygen atoms in total. The van der Waals surface area contributed by atoms with E-state index >= 15 is 0 Å². The third-order valence-electron chi connectivity index (χ3n) is 2.48. The van der Waals surface area contributed by atoms with Crippen molar-refractivity contribution in [2.45, 2.75) is 52.5 Å². The number of hydrogen-bond acceptors (Lipinski definition) is 3. The van der Waals surface area contributed by atoms with Crippen LogP contribution in [0.15, 0.2) is 0 Å². The molecule has 0 aromatic rings.